The summed E-state index contributed by atoms with van der Waals surface area (Å²) in [4.78, 5) is 8.64. The molecular weight excluding hydrogens is 470 g/mol. The molecule has 3 aromatic rings. The molecule has 3 heterocycles. The second-order valence-electron chi connectivity index (χ2n) is 8.71. The molecule has 0 bridgehead atoms. The summed E-state index contributed by atoms with van der Waals surface area (Å²) in [5.41, 5.74) is 1.94. The van der Waals surface area contributed by atoms with Crippen LogP contribution < -0.4 is 9.47 Å². The number of aromatic nitrogens is 5. The molecule has 10 nitrogen and oxygen atoms in total. The Balaban J connectivity index is 1.76. The molecule has 1 saturated heterocycles. The van der Waals surface area contributed by atoms with Gasteiger partial charge in [-0.1, -0.05) is 13.0 Å². The van der Waals surface area contributed by atoms with Gasteiger partial charge in [0.05, 0.1) is 30.9 Å². The summed E-state index contributed by atoms with van der Waals surface area (Å²) < 4.78 is 46.0. The topological polar surface area (TPSA) is 118 Å². The Morgan fingerprint density at radius 2 is 1.83 bits per heavy atom. The molecule has 0 amide bonds. The zero-order chi connectivity index (χ0) is 25.2. The van der Waals surface area contributed by atoms with Crippen LogP contribution in [0.5, 0.6) is 11.5 Å². The Kier molecular flexibility index (Phi) is 7.36. The van der Waals surface area contributed by atoms with Crippen molar-refractivity contribution >= 4 is 9.84 Å². The van der Waals surface area contributed by atoms with Gasteiger partial charge < -0.3 is 14.2 Å². The van der Waals surface area contributed by atoms with Gasteiger partial charge in [-0.3, -0.25) is 14.5 Å². The van der Waals surface area contributed by atoms with E-state index in [4.69, 9.17) is 14.2 Å². The van der Waals surface area contributed by atoms with Crippen LogP contribution in [0.15, 0.2) is 30.6 Å². The minimum Gasteiger partial charge on any atom is -0.494 e. The summed E-state index contributed by atoms with van der Waals surface area (Å²) in [6, 6.07) is 5.38. The molecule has 3 atom stereocenters. The zero-order valence-electron chi connectivity index (χ0n) is 20.6. The van der Waals surface area contributed by atoms with Crippen LogP contribution in [0.25, 0.3) is 5.69 Å². The van der Waals surface area contributed by atoms with E-state index < -0.39 is 15.1 Å². The molecule has 1 aliphatic rings. The van der Waals surface area contributed by atoms with Crippen LogP contribution in [0.4, 0.5) is 0 Å². The van der Waals surface area contributed by atoms with Crippen LogP contribution in [0.3, 0.4) is 0 Å². The molecule has 1 fully saturated rings. The highest BCUT2D eigenvalue weighted by atomic mass is 32.2. The van der Waals surface area contributed by atoms with E-state index in [1.54, 1.807) is 56.3 Å². The van der Waals surface area contributed by atoms with Crippen molar-refractivity contribution in [2.24, 2.45) is 0 Å². The third-order valence-electron chi connectivity index (χ3n) is 6.47. The molecule has 0 unspecified atom stereocenters. The third kappa shape index (κ3) is 5.01. The average Bonchev–Trinajstić information content (AvgIpc) is 3.52. The molecule has 0 spiro atoms. The normalized spacial score (nSPS) is 17.8. The number of nitrogens with zero attached hydrogens (tertiary/aromatic N) is 5. The van der Waals surface area contributed by atoms with Crippen molar-refractivity contribution in [2.45, 2.75) is 56.6 Å². The summed E-state index contributed by atoms with van der Waals surface area (Å²) >= 11 is 0. The summed E-state index contributed by atoms with van der Waals surface area (Å²) in [5, 5.41) is 7.96. The molecular formula is C24H31N5O5S. The van der Waals surface area contributed by atoms with Gasteiger partial charge in [-0.15, -0.1) is 10.2 Å². The smallest absolute Gasteiger partial charge is 0.167 e. The van der Waals surface area contributed by atoms with Crippen LogP contribution in [-0.2, 0) is 20.3 Å². The molecule has 2 aromatic heterocycles. The van der Waals surface area contributed by atoms with Crippen LogP contribution in [0.2, 0.25) is 0 Å². The first-order valence-electron chi connectivity index (χ1n) is 11.5. The second kappa shape index (κ2) is 10.3. The first-order valence-corrected chi connectivity index (χ1v) is 13.3. The summed E-state index contributed by atoms with van der Waals surface area (Å²) in [6.07, 6.45) is 4.63. The SMILES string of the molecule is COc1cccc(OC)c1-n1c(CS(=O)(=O)[C@@H](C)[C@H](C)c2cnc(C)cn2)nnc1[C@@H]1CCCO1. The van der Waals surface area contributed by atoms with E-state index in [1.807, 2.05) is 13.8 Å². The Labute approximate surface area is 205 Å². The van der Waals surface area contributed by atoms with E-state index in [0.29, 0.717) is 35.3 Å². The second-order valence-corrected chi connectivity index (χ2v) is 11.1. The van der Waals surface area contributed by atoms with Crippen molar-refractivity contribution in [1.82, 2.24) is 24.7 Å². The molecule has 4 rings (SSSR count). The first kappa shape index (κ1) is 25.1. The molecule has 0 saturated carbocycles. The highest BCUT2D eigenvalue weighted by Gasteiger charge is 2.34. The van der Waals surface area contributed by atoms with E-state index in [0.717, 1.165) is 18.5 Å². The minimum absolute atomic E-state index is 0.271. The number of sulfone groups is 1. The number of benzene rings is 1. The lowest BCUT2D eigenvalue weighted by atomic mass is 10.1. The zero-order valence-corrected chi connectivity index (χ0v) is 21.4. The number of para-hydroxylation sites is 1. The predicted octanol–water partition coefficient (Wildman–Crippen LogP) is 3.34. The number of hydrogen-bond donors (Lipinski definition) is 0. The maximum absolute atomic E-state index is 13.6. The number of methoxy groups -OCH3 is 2. The molecule has 0 N–H and O–H groups in total. The molecule has 1 aliphatic heterocycles. The fourth-order valence-electron chi connectivity index (χ4n) is 4.21. The monoisotopic (exact) mass is 501 g/mol. The largest absolute Gasteiger partial charge is 0.494 e. The van der Waals surface area contributed by atoms with Gasteiger partial charge in [-0.2, -0.15) is 0 Å². The van der Waals surface area contributed by atoms with E-state index in [1.165, 1.54) is 0 Å². The molecule has 11 heteroatoms. The Morgan fingerprint density at radius 3 is 2.40 bits per heavy atom. The lowest BCUT2D eigenvalue weighted by molar-refractivity contribution is 0.103. The summed E-state index contributed by atoms with van der Waals surface area (Å²) in [7, 11) is -0.559. The van der Waals surface area contributed by atoms with Crippen LogP contribution in [0, 0.1) is 6.92 Å². The van der Waals surface area contributed by atoms with Crippen LogP contribution >= 0.6 is 0 Å². The highest BCUT2D eigenvalue weighted by molar-refractivity contribution is 7.91. The van der Waals surface area contributed by atoms with Crippen molar-refractivity contribution in [3.63, 3.8) is 0 Å². The van der Waals surface area contributed by atoms with Crippen molar-refractivity contribution in [3.05, 3.63) is 53.6 Å². The predicted molar refractivity (Wildman–Crippen MR) is 130 cm³/mol. The van der Waals surface area contributed by atoms with Crippen LogP contribution in [-0.4, -0.2) is 59.2 Å². The number of ether oxygens (including phenoxy) is 3. The first-order chi connectivity index (χ1) is 16.8. The van der Waals surface area contributed by atoms with Crippen LogP contribution in [0.1, 0.15) is 61.7 Å². The van der Waals surface area contributed by atoms with E-state index in [2.05, 4.69) is 20.2 Å². The van der Waals surface area contributed by atoms with Gasteiger partial charge in [-0.05, 0) is 38.8 Å². The lowest BCUT2D eigenvalue weighted by Gasteiger charge is -2.21. The van der Waals surface area contributed by atoms with Crippen molar-refractivity contribution in [1.29, 1.82) is 0 Å². The van der Waals surface area contributed by atoms with Gasteiger partial charge >= 0.3 is 0 Å². The molecule has 188 valence electrons. The summed E-state index contributed by atoms with van der Waals surface area (Å²) in [5.74, 6) is 1.14. The molecule has 0 aliphatic carbocycles. The molecule has 1 aromatic carbocycles. The standard InChI is InChI=1S/C24H31N5O5S/c1-15-12-26-18(13-25-15)16(2)17(3)35(30,31)14-22-27-28-24(21-10-7-11-34-21)29(22)23-19(32-4)8-6-9-20(23)33-5/h6,8-9,12-13,16-17,21H,7,10-11,14H2,1-5H3/t16-,17-,21-/m0/s1. The number of aryl methyl sites for hydroxylation is 1. The van der Waals surface area contributed by atoms with Gasteiger partial charge in [0, 0.05) is 24.9 Å². The lowest BCUT2D eigenvalue weighted by Crippen LogP contribution is -2.27. The molecule has 35 heavy (non-hydrogen) atoms. The Morgan fingerprint density at radius 1 is 1.11 bits per heavy atom. The number of rotatable bonds is 9. The Bertz CT molecular complexity index is 1250. The van der Waals surface area contributed by atoms with Gasteiger partial charge in [0.15, 0.2) is 21.5 Å². The van der Waals surface area contributed by atoms with E-state index in [-0.39, 0.29) is 23.6 Å². The van der Waals surface area contributed by atoms with Crippen molar-refractivity contribution < 1.29 is 22.6 Å². The maximum Gasteiger partial charge on any atom is 0.167 e. The van der Waals surface area contributed by atoms with E-state index in [9.17, 15) is 8.42 Å². The van der Waals surface area contributed by atoms with Gasteiger partial charge in [-0.25, -0.2) is 8.42 Å². The van der Waals surface area contributed by atoms with Crippen molar-refractivity contribution in [3.8, 4) is 17.2 Å². The minimum atomic E-state index is -3.66. The van der Waals surface area contributed by atoms with Gasteiger partial charge in [0.25, 0.3) is 0 Å². The number of hydrogen-bond acceptors (Lipinski definition) is 9. The molecule has 0 radical (unpaired) electrons. The van der Waals surface area contributed by atoms with Gasteiger partial charge in [0.1, 0.15) is 29.0 Å². The average molecular weight is 502 g/mol. The highest BCUT2D eigenvalue weighted by Crippen LogP contribution is 2.38. The summed E-state index contributed by atoms with van der Waals surface area (Å²) in [6.45, 7) is 5.98. The quantitative estimate of drug-likeness (QED) is 0.435. The fraction of sp³-hybridized carbons (Fsp3) is 0.500. The van der Waals surface area contributed by atoms with Gasteiger partial charge in [0.2, 0.25) is 0 Å². The maximum atomic E-state index is 13.6. The third-order valence-corrected chi connectivity index (χ3v) is 8.67. The fourth-order valence-corrected chi connectivity index (χ4v) is 5.78. The van der Waals surface area contributed by atoms with Crippen molar-refractivity contribution in [2.75, 3.05) is 20.8 Å². The van der Waals surface area contributed by atoms with E-state index >= 15 is 0 Å². The Hall–Kier alpha value is -3.05.